The molecule has 1 aromatic heterocycles. The van der Waals surface area contributed by atoms with E-state index in [1.165, 1.54) is 35.9 Å². The number of aryl methyl sites for hydroxylation is 1. The predicted octanol–water partition coefficient (Wildman–Crippen LogP) is 6.30. The number of amides is 1. The number of anilines is 1. The molecule has 0 unspecified atom stereocenters. The summed E-state index contributed by atoms with van der Waals surface area (Å²) in [7, 11) is 1.29. The lowest BCUT2D eigenvalue weighted by Gasteiger charge is -2.14. The van der Waals surface area contributed by atoms with Crippen LogP contribution in [0.1, 0.15) is 21.6 Å². The maximum Gasteiger partial charge on any atom is 0.387 e. The van der Waals surface area contributed by atoms with Crippen molar-refractivity contribution < 1.29 is 31.8 Å². The van der Waals surface area contributed by atoms with Crippen molar-refractivity contribution in [2.45, 2.75) is 20.5 Å². The Labute approximate surface area is 204 Å². The van der Waals surface area contributed by atoms with Gasteiger partial charge in [-0.15, -0.1) is 0 Å². The number of halogens is 4. The Hall–Kier alpha value is -4.34. The molecule has 186 valence electrons. The summed E-state index contributed by atoms with van der Waals surface area (Å²) in [6.45, 7) is 0.535. The molecule has 1 heterocycles. The first kappa shape index (κ1) is 24.8. The summed E-state index contributed by atoms with van der Waals surface area (Å²) in [6, 6.07) is 14.4. The van der Waals surface area contributed by atoms with Gasteiger partial charge in [-0.05, 0) is 38.1 Å². The van der Waals surface area contributed by atoms with E-state index in [9.17, 15) is 13.6 Å². The van der Waals surface area contributed by atoms with Crippen LogP contribution in [0.25, 0.3) is 16.9 Å². The molecular weight excluding hydrogens is 478 g/mol. The molecule has 4 aromatic rings. The molecule has 0 spiro atoms. The lowest BCUT2D eigenvalue weighted by Crippen LogP contribution is -2.17. The zero-order chi connectivity index (χ0) is 26.0. The third-order valence-electron chi connectivity index (χ3n) is 5.45. The Morgan fingerprint density at radius 2 is 1.56 bits per heavy atom. The number of methoxy groups -OCH3 is 1. The SMILES string of the molecule is COc1cc(F)c(-n2c(NC(=O)c3ccc(OC(F)F)cc3)nc(-c3ccc(C)cc3)c2C)c(F)c1. The van der Waals surface area contributed by atoms with Gasteiger partial charge in [0.15, 0.2) is 11.6 Å². The van der Waals surface area contributed by atoms with E-state index >= 15 is 8.78 Å². The number of nitrogens with zero attached hydrogens (tertiary/aromatic N) is 2. The Morgan fingerprint density at radius 3 is 2.11 bits per heavy atom. The second-order valence-corrected chi connectivity index (χ2v) is 7.87. The molecule has 0 aliphatic carbocycles. The van der Waals surface area contributed by atoms with Gasteiger partial charge in [-0.1, -0.05) is 29.8 Å². The molecule has 0 aliphatic heterocycles. The van der Waals surface area contributed by atoms with E-state index < -0.39 is 29.8 Å². The second-order valence-electron chi connectivity index (χ2n) is 7.87. The van der Waals surface area contributed by atoms with Gasteiger partial charge in [-0.2, -0.15) is 8.78 Å². The summed E-state index contributed by atoms with van der Waals surface area (Å²) >= 11 is 0. The monoisotopic (exact) mass is 499 g/mol. The van der Waals surface area contributed by atoms with Crippen LogP contribution in [0.15, 0.2) is 60.7 Å². The van der Waals surface area contributed by atoms with Gasteiger partial charge >= 0.3 is 6.61 Å². The van der Waals surface area contributed by atoms with E-state index in [2.05, 4.69) is 15.0 Å². The summed E-state index contributed by atoms with van der Waals surface area (Å²) in [5, 5.41) is 2.57. The van der Waals surface area contributed by atoms with Crippen LogP contribution in [0.2, 0.25) is 0 Å². The fourth-order valence-electron chi connectivity index (χ4n) is 3.68. The normalized spacial score (nSPS) is 11.0. The summed E-state index contributed by atoms with van der Waals surface area (Å²) in [6.07, 6.45) is 0. The highest BCUT2D eigenvalue weighted by Crippen LogP contribution is 2.33. The minimum Gasteiger partial charge on any atom is -0.497 e. The van der Waals surface area contributed by atoms with Crippen LogP contribution in [0, 0.1) is 25.5 Å². The molecule has 0 saturated heterocycles. The molecule has 36 heavy (non-hydrogen) atoms. The third-order valence-corrected chi connectivity index (χ3v) is 5.45. The van der Waals surface area contributed by atoms with Crippen LogP contribution in [0.4, 0.5) is 23.5 Å². The van der Waals surface area contributed by atoms with Crippen molar-refractivity contribution >= 4 is 11.9 Å². The molecule has 10 heteroatoms. The van der Waals surface area contributed by atoms with Crippen molar-refractivity contribution in [3.63, 3.8) is 0 Å². The molecule has 3 aromatic carbocycles. The Bertz CT molecular complexity index is 1380. The first-order valence-corrected chi connectivity index (χ1v) is 10.7. The Kier molecular flexibility index (Phi) is 6.96. The number of benzene rings is 3. The van der Waals surface area contributed by atoms with Gasteiger partial charge in [0, 0.05) is 29.0 Å². The van der Waals surface area contributed by atoms with Crippen molar-refractivity contribution in [2.24, 2.45) is 0 Å². The Morgan fingerprint density at radius 1 is 0.944 bits per heavy atom. The summed E-state index contributed by atoms with van der Waals surface area (Å²) in [5.41, 5.74) is 2.11. The van der Waals surface area contributed by atoms with Gasteiger partial charge in [-0.3, -0.25) is 14.7 Å². The molecule has 6 nitrogen and oxygen atoms in total. The van der Waals surface area contributed by atoms with E-state index in [-0.39, 0.29) is 23.0 Å². The van der Waals surface area contributed by atoms with Gasteiger partial charge in [0.05, 0.1) is 12.8 Å². The number of rotatable bonds is 7. The predicted molar refractivity (Wildman–Crippen MR) is 126 cm³/mol. The molecule has 0 aliphatic rings. The lowest BCUT2D eigenvalue weighted by molar-refractivity contribution is -0.0498. The fourth-order valence-corrected chi connectivity index (χ4v) is 3.68. The van der Waals surface area contributed by atoms with Gasteiger partial charge < -0.3 is 9.47 Å². The highest BCUT2D eigenvalue weighted by Gasteiger charge is 2.24. The van der Waals surface area contributed by atoms with Crippen molar-refractivity contribution in [2.75, 3.05) is 12.4 Å². The summed E-state index contributed by atoms with van der Waals surface area (Å²) < 4.78 is 65.3. The van der Waals surface area contributed by atoms with Gasteiger partial charge in [0.1, 0.15) is 17.2 Å². The number of hydrogen-bond acceptors (Lipinski definition) is 4. The smallest absolute Gasteiger partial charge is 0.387 e. The summed E-state index contributed by atoms with van der Waals surface area (Å²) in [5.74, 6) is -2.79. The topological polar surface area (TPSA) is 65.4 Å². The van der Waals surface area contributed by atoms with Gasteiger partial charge in [0.25, 0.3) is 5.91 Å². The number of hydrogen-bond donors (Lipinski definition) is 1. The average Bonchev–Trinajstić information content (AvgIpc) is 3.14. The van der Waals surface area contributed by atoms with Crippen LogP contribution in [-0.4, -0.2) is 29.2 Å². The van der Waals surface area contributed by atoms with Crippen LogP contribution in [0.5, 0.6) is 11.5 Å². The molecule has 4 rings (SSSR count). The quantitative estimate of drug-likeness (QED) is 0.303. The van der Waals surface area contributed by atoms with Crippen LogP contribution < -0.4 is 14.8 Å². The maximum absolute atomic E-state index is 15.1. The minimum atomic E-state index is -3.00. The number of carbonyl (C=O) groups is 1. The molecular formula is C26H21F4N3O3. The number of alkyl halides is 2. The zero-order valence-electron chi connectivity index (χ0n) is 19.5. The molecule has 0 fully saturated rings. The first-order chi connectivity index (χ1) is 17.2. The minimum absolute atomic E-state index is 0.0121. The number of nitrogens with one attached hydrogen (secondary N) is 1. The van der Waals surface area contributed by atoms with E-state index in [0.717, 1.165) is 17.7 Å². The van der Waals surface area contributed by atoms with Gasteiger partial charge in [0.2, 0.25) is 5.95 Å². The standard InChI is InChI=1S/C26H21F4N3O3/c1-14-4-6-16(7-5-14)22-15(2)33(23-20(27)12-19(35-3)13-21(23)28)26(31-22)32-24(34)17-8-10-18(11-9-17)36-25(29)30/h4-13,25H,1-3H3,(H,31,32,34). The highest BCUT2D eigenvalue weighted by molar-refractivity contribution is 6.03. The largest absolute Gasteiger partial charge is 0.497 e. The van der Waals surface area contributed by atoms with Crippen molar-refractivity contribution in [1.82, 2.24) is 9.55 Å². The van der Waals surface area contributed by atoms with Crippen molar-refractivity contribution in [3.8, 4) is 28.4 Å². The van der Waals surface area contributed by atoms with Crippen molar-refractivity contribution in [1.29, 1.82) is 0 Å². The maximum atomic E-state index is 15.1. The first-order valence-electron chi connectivity index (χ1n) is 10.7. The van der Waals surface area contributed by atoms with Gasteiger partial charge in [-0.25, -0.2) is 13.8 Å². The lowest BCUT2D eigenvalue weighted by atomic mass is 10.1. The molecule has 0 bridgehead atoms. The zero-order valence-corrected chi connectivity index (χ0v) is 19.5. The molecule has 0 saturated carbocycles. The highest BCUT2D eigenvalue weighted by atomic mass is 19.3. The second kappa shape index (κ2) is 10.1. The van der Waals surface area contributed by atoms with Crippen molar-refractivity contribution in [3.05, 3.63) is 89.1 Å². The number of carbonyl (C=O) groups excluding carboxylic acids is 1. The third kappa shape index (κ3) is 5.02. The molecule has 0 atom stereocenters. The number of ether oxygens (including phenoxy) is 2. The van der Waals surface area contributed by atoms with Crippen LogP contribution >= 0.6 is 0 Å². The van der Waals surface area contributed by atoms with Crippen LogP contribution in [-0.2, 0) is 0 Å². The molecule has 1 N–H and O–H groups in total. The number of imidazole rings is 1. The van der Waals surface area contributed by atoms with Crippen LogP contribution in [0.3, 0.4) is 0 Å². The molecule has 0 radical (unpaired) electrons. The molecule has 1 amide bonds. The number of aromatic nitrogens is 2. The van der Waals surface area contributed by atoms with E-state index in [0.29, 0.717) is 17.0 Å². The summed E-state index contributed by atoms with van der Waals surface area (Å²) in [4.78, 5) is 17.4. The average molecular weight is 499 g/mol. The van der Waals surface area contributed by atoms with E-state index in [1.54, 1.807) is 6.92 Å². The Balaban J connectivity index is 1.79. The van der Waals surface area contributed by atoms with E-state index in [4.69, 9.17) is 4.74 Å². The van der Waals surface area contributed by atoms with E-state index in [1.807, 2.05) is 31.2 Å². The fraction of sp³-hybridized carbons (Fsp3) is 0.154.